The third-order valence-corrected chi connectivity index (χ3v) is 19.3. The Bertz CT molecular complexity index is 1340. The second-order valence-corrected chi connectivity index (χ2v) is 24.4. The van der Waals surface area contributed by atoms with Crippen LogP contribution in [0.4, 0.5) is 5.82 Å². The van der Waals surface area contributed by atoms with Crippen LogP contribution in [-0.4, -0.2) is 68.7 Å². The predicted molar refractivity (Wildman–Crippen MR) is 165 cm³/mol. The van der Waals surface area contributed by atoms with Crippen LogP contribution in [0.3, 0.4) is 0 Å². The summed E-state index contributed by atoms with van der Waals surface area (Å²) in [5, 5.41) is 11.7. The normalized spacial score (nSPS) is 36.7. The lowest BCUT2D eigenvalue weighted by atomic mass is 9.77. The van der Waals surface area contributed by atoms with E-state index in [1.807, 2.05) is 0 Å². The van der Waals surface area contributed by atoms with Crippen LogP contribution >= 0.6 is 17.1 Å². The molecule has 222 valence electrons. The third-order valence-electron chi connectivity index (χ3n) is 9.08. The molecule has 4 heterocycles. The molecule has 1 saturated carbocycles. The number of allylic oxidation sites excluding steroid dienone is 1. The summed E-state index contributed by atoms with van der Waals surface area (Å²) in [6.07, 6.45) is 2.61. The number of nitrogens with zero attached hydrogens (tertiary/aromatic N) is 4. The van der Waals surface area contributed by atoms with Gasteiger partial charge in [0.15, 0.2) is 26.0 Å². The van der Waals surface area contributed by atoms with E-state index in [1.165, 1.54) is 11.9 Å². The molecule has 1 aliphatic carbocycles. The zero-order valence-electron chi connectivity index (χ0n) is 24.4. The molecule has 2 saturated heterocycles. The second-order valence-electron chi connectivity index (χ2n) is 13.0. The van der Waals surface area contributed by atoms with Crippen molar-refractivity contribution in [2.24, 2.45) is 5.92 Å². The van der Waals surface area contributed by atoms with E-state index in [4.69, 9.17) is 35.8 Å². The van der Waals surface area contributed by atoms with Crippen molar-refractivity contribution < 1.29 is 23.3 Å². The maximum absolute atomic E-state index is 11.7. The highest BCUT2D eigenvalue weighted by molar-refractivity contribution is 8.68. The van der Waals surface area contributed by atoms with Gasteiger partial charge in [0.2, 0.25) is 5.69 Å². The third kappa shape index (κ3) is 5.58. The van der Waals surface area contributed by atoms with Gasteiger partial charge in [0.1, 0.15) is 30.2 Å². The van der Waals surface area contributed by atoms with Gasteiger partial charge in [0, 0.05) is 4.75 Å². The van der Waals surface area contributed by atoms with Crippen molar-refractivity contribution in [3.63, 3.8) is 0 Å². The van der Waals surface area contributed by atoms with E-state index >= 15 is 0 Å². The van der Waals surface area contributed by atoms with Crippen molar-refractivity contribution in [3.8, 4) is 0 Å². The number of aliphatic hydroxyl groups is 1. The summed E-state index contributed by atoms with van der Waals surface area (Å²) in [5.74, 6) is 0.677. The maximum Gasteiger partial charge on any atom is 0.248 e. The van der Waals surface area contributed by atoms with Crippen molar-refractivity contribution in [1.82, 2.24) is 19.5 Å². The molecule has 0 radical (unpaired) electrons. The molecule has 8 atom stereocenters. The molecule has 10 nitrogen and oxygen atoms in total. The molecule has 3 N–H and O–H groups in total. The fraction of sp³-hybridized carbons (Fsp3) is 0.731. The van der Waals surface area contributed by atoms with E-state index < -0.39 is 38.6 Å². The molecule has 0 aromatic carbocycles. The highest BCUT2D eigenvalue weighted by atomic mass is 32.9. The summed E-state index contributed by atoms with van der Waals surface area (Å²) in [5.41, 5.74) is 5.30. The Labute approximate surface area is 246 Å². The number of hydrogen-bond donors (Lipinski definition) is 2. The van der Waals surface area contributed by atoms with Gasteiger partial charge < -0.3 is 29.1 Å². The molecule has 0 amide bonds. The van der Waals surface area contributed by atoms with Gasteiger partial charge in [-0.15, -0.1) is 0 Å². The monoisotopic (exact) mass is 627 g/mol. The fourth-order valence-corrected chi connectivity index (χ4v) is 13.9. The van der Waals surface area contributed by atoms with Gasteiger partial charge in [-0.05, 0) is 69.0 Å². The van der Waals surface area contributed by atoms with Crippen LogP contribution in [0.2, 0.25) is 18.1 Å². The van der Waals surface area contributed by atoms with Crippen molar-refractivity contribution >= 4 is 54.2 Å². The van der Waals surface area contributed by atoms with E-state index in [1.54, 1.807) is 22.3 Å². The Hall–Kier alpha value is -0.893. The van der Waals surface area contributed by atoms with Gasteiger partial charge >= 0.3 is 0 Å². The van der Waals surface area contributed by atoms with E-state index in [2.05, 4.69) is 69.2 Å². The molecule has 3 aliphatic rings. The zero-order valence-corrected chi connectivity index (χ0v) is 27.9. The number of aliphatic hydroxyl groups excluding tert-OH is 1. The number of imidazole rings is 1. The average Bonchev–Trinajstić information content (AvgIpc) is 3.48. The summed E-state index contributed by atoms with van der Waals surface area (Å²) in [4.78, 5) is 12.7. The van der Waals surface area contributed by atoms with E-state index in [-0.39, 0.29) is 28.3 Å². The minimum Gasteiger partial charge on any atom is -0.414 e. The Morgan fingerprint density at radius 1 is 1.38 bits per heavy atom. The summed E-state index contributed by atoms with van der Waals surface area (Å²) in [6.45, 7) is 19.7. The van der Waals surface area contributed by atoms with Crippen molar-refractivity contribution in [2.75, 3.05) is 12.3 Å². The topological polar surface area (TPSA) is 127 Å². The summed E-state index contributed by atoms with van der Waals surface area (Å²) in [7, 11) is -2.12. The largest absolute Gasteiger partial charge is 0.414 e. The molecular weight excluding hydrogens is 586 g/mol. The fourth-order valence-electron chi connectivity index (χ4n) is 5.36. The number of fused-ring (bicyclic) bond motifs is 2. The quantitative estimate of drug-likeness (QED) is 0.227. The van der Waals surface area contributed by atoms with Crippen molar-refractivity contribution in [1.29, 1.82) is 0 Å². The number of anilines is 1. The number of rotatable bonds is 7. The first-order valence-electron chi connectivity index (χ1n) is 13.8. The van der Waals surface area contributed by atoms with Crippen molar-refractivity contribution in [2.45, 2.75) is 107 Å². The van der Waals surface area contributed by atoms with Gasteiger partial charge in [0.25, 0.3) is 0 Å². The predicted octanol–water partition coefficient (Wildman–Crippen LogP) is 5.57. The molecule has 1 unspecified atom stereocenters. The Kier molecular flexibility index (Phi) is 8.16. The van der Waals surface area contributed by atoms with Crippen LogP contribution in [0.5, 0.6) is 0 Å². The van der Waals surface area contributed by atoms with Crippen LogP contribution in [-0.2, 0) is 30.0 Å². The summed E-state index contributed by atoms with van der Waals surface area (Å²) < 4.78 is 27.8. The van der Waals surface area contributed by atoms with E-state index in [0.29, 0.717) is 17.1 Å². The molecule has 0 spiro atoms. The number of nitrogens with two attached hydrogens (primary N) is 1. The molecule has 5 rings (SSSR count). The highest BCUT2D eigenvalue weighted by Crippen LogP contribution is 2.76. The molecule has 0 bridgehead atoms. The lowest BCUT2D eigenvalue weighted by Gasteiger charge is -2.37. The van der Waals surface area contributed by atoms with Gasteiger partial charge in [-0.3, -0.25) is 4.57 Å². The molecule has 14 heteroatoms. The first kappa shape index (κ1) is 30.6. The molecule has 2 aliphatic heterocycles. The van der Waals surface area contributed by atoms with Gasteiger partial charge in [-0.2, -0.15) is 0 Å². The average molecular weight is 628 g/mol. The Morgan fingerprint density at radius 3 is 2.77 bits per heavy atom. The van der Waals surface area contributed by atoms with Gasteiger partial charge in [0.05, 0.1) is 19.0 Å². The second kappa shape index (κ2) is 10.7. The molecule has 40 heavy (non-hydrogen) atoms. The lowest BCUT2D eigenvalue weighted by molar-refractivity contribution is -0.0485. The number of hydrogen-bond acceptors (Lipinski definition) is 11. The van der Waals surface area contributed by atoms with Crippen LogP contribution in [0, 0.1) is 5.92 Å². The van der Waals surface area contributed by atoms with Crippen molar-refractivity contribution in [3.05, 3.63) is 24.8 Å². The maximum atomic E-state index is 11.7. The minimum atomic E-state index is -2.81. The standard InChI is InChI=1S/C26H42N5O5PS2Si/c1-15(2)16-9-10-26(6)18(11-16)35-37(38,39-26)36-21-17(12-33-40(7,8)25(3,4)5)34-24(20(21)32)31-14-30-19-22(27)28-13-29-23(19)31/h13-14,16-18,20-21,24,32H,1,9-12H2,2-8H3,(H2,27,28,29)/t16-,17+,18+,20+,21+,24+,26+,37?/m0/s1. The van der Waals surface area contributed by atoms with Gasteiger partial charge in [-0.1, -0.05) is 44.3 Å². The van der Waals surface area contributed by atoms with Crippen LogP contribution in [0.25, 0.3) is 11.2 Å². The first-order chi connectivity index (χ1) is 18.5. The zero-order chi connectivity index (χ0) is 29.3. The smallest absolute Gasteiger partial charge is 0.248 e. The van der Waals surface area contributed by atoms with Crippen LogP contribution in [0.15, 0.2) is 24.8 Å². The highest BCUT2D eigenvalue weighted by Gasteiger charge is 2.57. The number of aromatic nitrogens is 4. The molecular formula is C26H42N5O5PS2Si. The molecule has 2 aromatic heterocycles. The van der Waals surface area contributed by atoms with Crippen LogP contribution < -0.4 is 5.73 Å². The van der Waals surface area contributed by atoms with E-state index in [0.717, 1.165) is 19.3 Å². The Balaban J connectivity index is 1.42. The number of ether oxygens (including phenoxy) is 1. The SMILES string of the molecule is C=C(C)[C@H]1CC[C@@]2(C)SP(=S)(O[C@H]3[C@@H](O)[C@H](n4cnc5c(N)ncnc54)O[C@@H]3CO[Si](C)(C)C(C)(C)C)O[C@@H]2C1. The Morgan fingerprint density at radius 2 is 2.10 bits per heavy atom. The molecule has 3 fully saturated rings. The first-order valence-corrected chi connectivity index (χ1v) is 20.7. The number of nitrogen functional groups attached to an aromatic ring is 1. The summed E-state index contributed by atoms with van der Waals surface area (Å²) in [6, 6.07) is 0. The van der Waals surface area contributed by atoms with E-state index in [9.17, 15) is 5.11 Å². The van der Waals surface area contributed by atoms with Crippen LogP contribution in [0.1, 0.15) is 60.1 Å². The minimum absolute atomic E-state index is 0.00966. The lowest BCUT2D eigenvalue weighted by Crippen LogP contribution is -2.45. The van der Waals surface area contributed by atoms with Gasteiger partial charge in [-0.25, -0.2) is 15.0 Å². The summed E-state index contributed by atoms with van der Waals surface area (Å²) >= 11 is 7.73. The molecule has 2 aromatic rings.